The van der Waals surface area contributed by atoms with Crippen molar-refractivity contribution in [1.29, 1.82) is 0 Å². The molecule has 0 saturated carbocycles. The van der Waals surface area contributed by atoms with E-state index in [4.69, 9.17) is 18.9 Å². The van der Waals surface area contributed by atoms with Crippen molar-refractivity contribution >= 4 is 11.9 Å². The SMILES string of the molecule is COC(=O)C1=CN(Cc2ccccc2)C=C(C(=O)OC)C1c1ccc(OC)cc1OC. The Kier molecular flexibility index (Phi) is 6.97. The molecule has 3 rings (SSSR count). The topological polar surface area (TPSA) is 74.3 Å². The van der Waals surface area contributed by atoms with Crippen molar-refractivity contribution in [2.75, 3.05) is 28.4 Å². The molecular weight excluding hydrogens is 398 g/mol. The van der Waals surface area contributed by atoms with Crippen LogP contribution in [0, 0.1) is 0 Å². The number of hydrogen-bond acceptors (Lipinski definition) is 7. The van der Waals surface area contributed by atoms with Crippen molar-refractivity contribution in [3.8, 4) is 11.5 Å². The van der Waals surface area contributed by atoms with E-state index < -0.39 is 17.9 Å². The van der Waals surface area contributed by atoms with Crippen LogP contribution in [0.4, 0.5) is 0 Å². The fourth-order valence-corrected chi connectivity index (χ4v) is 3.57. The molecule has 0 bridgehead atoms. The molecule has 0 spiro atoms. The zero-order chi connectivity index (χ0) is 22.4. The number of esters is 2. The van der Waals surface area contributed by atoms with Crippen LogP contribution in [0.25, 0.3) is 0 Å². The summed E-state index contributed by atoms with van der Waals surface area (Å²) in [6.45, 7) is 0.467. The standard InChI is InChI=1S/C24H25NO6/c1-28-17-10-11-18(21(12-17)29-2)22-19(23(26)30-3)14-25(15-20(22)24(27)31-4)13-16-8-6-5-7-9-16/h5-12,14-15,22H,13H2,1-4H3. The fraction of sp³-hybridized carbons (Fsp3) is 0.250. The van der Waals surface area contributed by atoms with Gasteiger partial charge in [0.1, 0.15) is 11.5 Å². The summed E-state index contributed by atoms with van der Waals surface area (Å²) in [5.74, 6) is -0.751. The van der Waals surface area contributed by atoms with E-state index in [0.717, 1.165) is 5.56 Å². The van der Waals surface area contributed by atoms with Gasteiger partial charge in [-0.05, 0) is 11.6 Å². The van der Waals surface area contributed by atoms with Crippen LogP contribution in [-0.2, 0) is 25.6 Å². The van der Waals surface area contributed by atoms with Crippen molar-refractivity contribution < 1.29 is 28.5 Å². The summed E-state index contributed by atoms with van der Waals surface area (Å²) in [5, 5.41) is 0. The first kappa shape index (κ1) is 22.0. The second-order valence-electron chi connectivity index (χ2n) is 6.85. The van der Waals surface area contributed by atoms with E-state index in [2.05, 4.69) is 0 Å². The summed E-state index contributed by atoms with van der Waals surface area (Å²) in [6.07, 6.45) is 3.39. The highest BCUT2D eigenvalue weighted by Gasteiger charge is 2.37. The number of benzene rings is 2. The third kappa shape index (κ3) is 4.71. The van der Waals surface area contributed by atoms with E-state index in [0.29, 0.717) is 34.8 Å². The molecular formula is C24H25NO6. The summed E-state index contributed by atoms with van der Waals surface area (Å²) in [4.78, 5) is 27.3. The number of carbonyl (C=O) groups excluding carboxylic acids is 2. The maximum atomic E-state index is 12.8. The van der Waals surface area contributed by atoms with Gasteiger partial charge in [-0.1, -0.05) is 36.4 Å². The molecule has 31 heavy (non-hydrogen) atoms. The van der Waals surface area contributed by atoms with Crippen LogP contribution < -0.4 is 9.47 Å². The van der Waals surface area contributed by atoms with Crippen LogP contribution in [0.15, 0.2) is 72.1 Å². The van der Waals surface area contributed by atoms with Crippen LogP contribution >= 0.6 is 0 Å². The second-order valence-corrected chi connectivity index (χ2v) is 6.85. The molecule has 0 saturated heterocycles. The first-order valence-corrected chi connectivity index (χ1v) is 9.64. The third-order valence-electron chi connectivity index (χ3n) is 5.03. The Morgan fingerprint density at radius 1 is 0.839 bits per heavy atom. The molecule has 7 nitrogen and oxygen atoms in total. The highest BCUT2D eigenvalue weighted by Crippen LogP contribution is 2.42. The van der Waals surface area contributed by atoms with E-state index in [1.54, 1.807) is 42.6 Å². The summed E-state index contributed by atoms with van der Waals surface area (Å²) in [7, 11) is 5.69. The number of nitrogens with zero attached hydrogens (tertiary/aromatic N) is 1. The van der Waals surface area contributed by atoms with E-state index in [1.165, 1.54) is 21.3 Å². The molecule has 162 valence electrons. The lowest BCUT2D eigenvalue weighted by Gasteiger charge is -2.30. The van der Waals surface area contributed by atoms with E-state index in [9.17, 15) is 9.59 Å². The molecule has 2 aromatic rings. The number of rotatable bonds is 7. The van der Waals surface area contributed by atoms with Gasteiger partial charge in [-0.15, -0.1) is 0 Å². The zero-order valence-corrected chi connectivity index (χ0v) is 18.0. The van der Waals surface area contributed by atoms with Crippen LogP contribution in [0.1, 0.15) is 17.0 Å². The van der Waals surface area contributed by atoms with Crippen LogP contribution in [-0.4, -0.2) is 45.3 Å². The smallest absolute Gasteiger partial charge is 0.336 e. The number of ether oxygens (including phenoxy) is 4. The number of carbonyl (C=O) groups is 2. The predicted octanol–water partition coefficient (Wildman–Crippen LogP) is 3.42. The molecule has 1 aliphatic rings. The lowest BCUT2D eigenvalue weighted by molar-refractivity contribution is -0.137. The average Bonchev–Trinajstić information content (AvgIpc) is 2.82. The molecule has 0 aromatic heterocycles. The lowest BCUT2D eigenvalue weighted by atomic mass is 9.82. The maximum absolute atomic E-state index is 12.8. The molecule has 1 aliphatic heterocycles. The van der Waals surface area contributed by atoms with Crippen molar-refractivity contribution in [2.45, 2.75) is 12.5 Å². The minimum atomic E-state index is -0.729. The van der Waals surface area contributed by atoms with E-state index >= 15 is 0 Å². The molecule has 7 heteroatoms. The van der Waals surface area contributed by atoms with Crippen molar-refractivity contribution in [2.24, 2.45) is 0 Å². The first-order chi connectivity index (χ1) is 15.0. The molecule has 0 amide bonds. The largest absolute Gasteiger partial charge is 0.497 e. The third-order valence-corrected chi connectivity index (χ3v) is 5.03. The quantitative estimate of drug-likeness (QED) is 0.632. The highest BCUT2D eigenvalue weighted by molar-refractivity contribution is 5.98. The fourth-order valence-electron chi connectivity index (χ4n) is 3.57. The summed E-state index contributed by atoms with van der Waals surface area (Å²) < 4.78 is 20.9. The first-order valence-electron chi connectivity index (χ1n) is 9.64. The van der Waals surface area contributed by atoms with Gasteiger partial charge in [-0.2, -0.15) is 0 Å². The Labute approximate surface area is 181 Å². The van der Waals surface area contributed by atoms with Gasteiger partial charge in [0.25, 0.3) is 0 Å². The molecule has 0 atom stereocenters. The molecule has 0 unspecified atom stereocenters. The van der Waals surface area contributed by atoms with Crippen molar-refractivity contribution in [1.82, 2.24) is 4.90 Å². The number of methoxy groups -OCH3 is 4. The molecule has 0 fully saturated rings. The van der Waals surface area contributed by atoms with E-state index in [1.807, 2.05) is 30.3 Å². The summed E-state index contributed by atoms with van der Waals surface area (Å²) in [5.41, 5.74) is 2.23. The average molecular weight is 423 g/mol. The Morgan fingerprint density at radius 3 is 1.97 bits per heavy atom. The van der Waals surface area contributed by atoms with Gasteiger partial charge in [-0.25, -0.2) is 9.59 Å². The van der Waals surface area contributed by atoms with Crippen LogP contribution in [0.2, 0.25) is 0 Å². The van der Waals surface area contributed by atoms with Crippen LogP contribution in [0.3, 0.4) is 0 Å². The molecule has 0 radical (unpaired) electrons. The van der Waals surface area contributed by atoms with Crippen molar-refractivity contribution in [3.05, 3.63) is 83.2 Å². The van der Waals surface area contributed by atoms with Gasteiger partial charge in [0.05, 0.1) is 45.5 Å². The molecule has 2 aromatic carbocycles. The minimum Gasteiger partial charge on any atom is -0.497 e. The Bertz CT molecular complexity index is 978. The Hall–Kier alpha value is -3.74. The second kappa shape index (κ2) is 9.84. The number of hydrogen-bond donors (Lipinski definition) is 0. The Balaban J connectivity index is 2.13. The van der Waals surface area contributed by atoms with Gasteiger partial charge in [0, 0.05) is 30.6 Å². The normalized spacial score (nSPS) is 13.7. The lowest BCUT2D eigenvalue weighted by Crippen LogP contribution is -2.28. The summed E-state index contributed by atoms with van der Waals surface area (Å²) >= 11 is 0. The summed E-state index contributed by atoms with van der Waals surface area (Å²) in [6, 6.07) is 14.9. The van der Waals surface area contributed by atoms with Gasteiger partial charge in [-0.3, -0.25) is 0 Å². The monoisotopic (exact) mass is 423 g/mol. The Morgan fingerprint density at radius 2 is 1.45 bits per heavy atom. The van der Waals surface area contributed by atoms with Gasteiger partial charge >= 0.3 is 11.9 Å². The van der Waals surface area contributed by atoms with Crippen LogP contribution in [0.5, 0.6) is 11.5 Å². The minimum absolute atomic E-state index is 0.296. The zero-order valence-electron chi connectivity index (χ0n) is 18.0. The van der Waals surface area contributed by atoms with Gasteiger partial charge in [0.2, 0.25) is 0 Å². The molecule has 1 heterocycles. The van der Waals surface area contributed by atoms with Gasteiger partial charge in [0.15, 0.2) is 0 Å². The maximum Gasteiger partial charge on any atom is 0.336 e. The van der Waals surface area contributed by atoms with Gasteiger partial charge < -0.3 is 23.8 Å². The molecule has 0 N–H and O–H groups in total. The highest BCUT2D eigenvalue weighted by atomic mass is 16.5. The van der Waals surface area contributed by atoms with Crippen molar-refractivity contribution in [3.63, 3.8) is 0 Å². The predicted molar refractivity (Wildman–Crippen MR) is 114 cm³/mol. The van der Waals surface area contributed by atoms with E-state index in [-0.39, 0.29) is 0 Å². The molecule has 0 aliphatic carbocycles.